The van der Waals surface area contributed by atoms with Crippen LogP contribution in [0.15, 0.2) is 18.2 Å². The second-order valence-electron chi connectivity index (χ2n) is 5.74. The van der Waals surface area contributed by atoms with Crippen LogP contribution in [-0.2, 0) is 28.3 Å². The molecule has 0 aliphatic carbocycles. The van der Waals surface area contributed by atoms with Crippen LogP contribution >= 0.6 is 0 Å². The van der Waals surface area contributed by atoms with Gasteiger partial charge in [-0.2, -0.15) is 8.42 Å². The molecule has 6 nitrogen and oxygen atoms in total. The van der Waals surface area contributed by atoms with Crippen LogP contribution in [0, 0.1) is 0 Å². The van der Waals surface area contributed by atoms with Gasteiger partial charge in [-0.25, -0.2) is 4.79 Å². The van der Waals surface area contributed by atoms with Crippen LogP contribution in [0.4, 0.5) is 8.68 Å². The Hall–Kier alpha value is -1.83. The average Bonchev–Trinajstić information content (AvgIpc) is 2.67. The van der Waals surface area contributed by atoms with E-state index >= 15 is 0 Å². The second-order valence-corrected chi connectivity index (χ2v) is 6.70. The van der Waals surface area contributed by atoms with Crippen LogP contribution in [0.3, 0.4) is 0 Å². The lowest BCUT2D eigenvalue weighted by Crippen LogP contribution is -2.33. The number of nitrogens with zero attached hydrogens (tertiary/aromatic N) is 1. The maximum Gasteiger partial charge on any atom is 0.488 e. The number of benzene rings is 1. The first-order chi connectivity index (χ1) is 9.53. The zero-order valence-electron chi connectivity index (χ0n) is 11.9. The third-order valence-corrected chi connectivity index (χ3v) is 3.14. The van der Waals surface area contributed by atoms with Crippen LogP contribution in [0.2, 0.25) is 0 Å². The molecule has 1 amide bonds. The number of rotatable bonds is 2. The van der Waals surface area contributed by atoms with Crippen LogP contribution in [0.5, 0.6) is 5.75 Å². The summed E-state index contributed by atoms with van der Waals surface area (Å²) in [5.41, 5.74) is 0.939. The van der Waals surface area contributed by atoms with E-state index in [-0.39, 0.29) is 12.3 Å². The molecule has 0 saturated heterocycles. The van der Waals surface area contributed by atoms with Gasteiger partial charge in [-0.3, -0.25) is 4.90 Å². The van der Waals surface area contributed by atoms with E-state index in [1.54, 1.807) is 26.8 Å². The summed E-state index contributed by atoms with van der Waals surface area (Å²) in [5, 5.41) is 0. The summed E-state index contributed by atoms with van der Waals surface area (Å²) in [5.74, 6) is -0.123. The molecule has 0 spiro atoms. The molecular weight excluding hydrogens is 301 g/mol. The molecule has 116 valence electrons. The van der Waals surface area contributed by atoms with E-state index in [1.165, 1.54) is 17.0 Å². The van der Waals surface area contributed by atoms with Crippen LogP contribution in [0.1, 0.15) is 31.9 Å². The van der Waals surface area contributed by atoms with Gasteiger partial charge < -0.3 is 8.92 Å². The monoisotopic (exact) mass is 317 g/mol. The van der Waals surface area contributed by atoms with Crippen molar-refractivity contribution < 1.29 is 26.0 Å². The molecule has 0 atom stereocenters. The third kappa shape index (κ3) is 4.32. The van der Waals surface area contributed by atoms with E-state index in [0.717, 1.165) is 5.56 Å². The Morgan fingerprint density at radius 1 is 1.24 bits per heavy atom. The minimum absolute atomic E-state index is 0.123. The molecule has 1 aromatic carbocycles. The Balaban J connectivity index is 2.11. The number of hydrogen-bond donors (Lipinski definition) is 0. The first-order valence-electron chi connectivity index (χ1n) is 6.27. The number of carbonyl (C=O) groups is 1. The van der Waals surface area contributed by atoms with E-state index in [0.29, 0.717) is 12.1 Å². The number of fused-ring (bicyclic) bond motifs is 1. The highest BCUT2D eigenvalue weighted by Crippen LogP contribution is 2.28. The van der Waals surface area contributed by atoms with Crippen molar-refractivity contribution in [1.82, 2.24) is 4.90 Å². The molecule has 0 aromatic heterocycles. The van der Waals surface area contributed by atoms with Crippen molar-refractivity contribution in [1.29, 1.82) is 0 Å². The summed E-state index contributed by atoms with van der Waals surface area (Å²) in [6.45, 7) is 5.92. The van der Waals surface area contributed by atoms with E-state index in [2.05, 4.69) is 4.18 Å². The SMILES string of the molecule is CC(C)(C)OC(=O)N1Cc2ccc(OS(=O)(=O)F)cc2C1. The van der Waals surface area contributed by atoms with Crippen LogP contribution in [-0.4, -0.2) is 25.0 Å². The lowest BCUT2D eigenvalue weighted by atomic mass is 10.1. The van der Waals surface area contributed by atoms with Gasteiger partial charge in [-0.05, 0) is 44.0 Å². The Morgan fingerprint density at radius 2 is 1.86 bits per heavy atom. The second kappa shape index (κ2) is 5.18. The fraction of sp³-hybridized carbons (Fsp3) is 0.462. The van der Waals surface area contributed by atoms with Crippen molar-refractivity contribution in [2.45, 2.75) is 39.5 Å². The fourth-order valence-corrected chi connectivity index (χ4v) is 2.33. The Labute approximate surface area is 122 Å². The number of halogens is 1. The van der Waals surface area contributed by atoms with Crippen molar-refractivity contribution in [2.24, 2.45) is 0 Å². The van der Waals surface area contributed by atoms with Crippen LogP contribution in [0.25, 0.3) is 0 Å². The van der Waals surface area contributed by atoms with Crippen molar-refractivity contribution in [3.05, 3.63) is 29.3 Å². The number of carbonyl (C=O) groups excluding carboxylic acids is 1. The van der Waals surface area contributed by atoms with Crippen LogP contribution < -0.4 is 4.18 Å². The minimum atomic E-state index is -5.05. The molecule has 2 rings (SSSR count). The molecule has 0 N–H and O–H groups in total. The number of amides is 1. The maximum atomic E-state index is 12.5. The first-order valence-corrected chi connectivity index (χ1v) is 7.58. The zero-order valence-corrected chi connectivity index (χ0v) is 12.7. The molecule has 1 aliphatic heterocycles. The molecule has 1 heterocycles. The fourth-order valence-electron chi connectivity index (χ4n) is 1.99. The molecule has 0 saturated carbocycles. The molecular formula is C13H16FNO5S. The van der Waals surface area contributed by atoms with E-state index in [4.69, 9.17) is 4.74 Å². The van der Waals surface area contributed by atoms with E-state index in [1.807, 2.05) is 0 Å². The molecule has 21 heavy (non-hydrogen) atoms. The van der Waals surface area contributed by atoms with Crippen molar-refractivity contribution >= 4 is 16.6 Å². The van der Waals surface area contributed by atoms with E-state index in [9.17, 15) is 17.1 Å². The molecule has 0 fully saturated rings. The summed E-state index contributed by atoms with van der Waals surface area (Å²) in [7, 11) is -5.05. The quantitative estimate of drug-likeness (QED) is 0.784. The summed E-state index contributed by atoms with van der Waals surface area (Å²) in [4.78, 5) is 13.4. The Kier molecular flexibility index (Phi) is 3.83. The van der Waals surface area contributed by atoms with Crippen molar-refractivity contribution in [3.8, 4) is 5.75 Å². The van der Waals surface area contributed by atoms with Gasteiger partial charge in [0.2, 0.25) is 0 Å². The molecule has 0 bridgehead atoms. The highest BCUT2D eigenvalue weighted by molar-refractivity contribution is 7.81. The molecule has 1 aromatic rings. The minimum Gasteiger partial charge on any atom is -0.444 e. The normalized spacial score (nSPS) is 14.8. The van der Waals surface area contributed by atoms with Gasteiger partial charge in [0, 0.05) is 13.1 Å². The predicted molar refractivity (Wildman–Crippen MR) is 72.6 cm³/mol. The zero-order chi connectivity index (χ0) is 15.8. The maximum absolute atomic E-state index is 12.5. The average molecular weight is 317 g/mol. The Bertz CT molecular complexity index is 666. The largest absolute Gasteiger partial charge is 0.488 e. The Morgan fingerprint density at radius 3 is 2.43 bits per heavy atom. The number of ether oxygens (including phenoxy) is 1. The van der Waals surface area contributed by atoms with Gasteiger partial charge in [-0.1, -0.05) is 9.95 Å². The molecule has 0 radical (unpaired) electrons. The highest BCUT2D eigenvalue weighted by atomic mass is 32.3. The standard InChI is InChI=1S/C13H16FNO5S/c1-13(2,3)19-12(16)15-7-9-4-5-11(6-10(9)8-15)20-21(14,17)18/h4-6H,7-8H2,1-3H3. The van der Waals surface area contributed by atoms with Gasteiger partial charge in [0.15, 0.2) is 0 Å². The smallest absolute Gasteiger partial charge is 0.444 e. The van der Waals surface area contributed by atoms with Gasteiger partial charge in [0.1, 0.15) is 11.4 Å². The van der Waals surface area contributed by atoms with Gasteiger partial charge >= 0.3 is 16.6 Å². The van der Waals surface area contributed by atoms with Gasteiger partial charge in [-0.15, -0.1) is 0 Å². The summed E-state index contributed by atoms with van der Waals surface area (Å²) in [6.07, 6.45) is -0.459. The summed E-state index contributed by atoms with van der Waals surface area (Å²) >= 11 is 0. The third-order valence-electron chi connectivity index (χ3n) is 2.75. The summed E-state index contributed by atoms with van der Waals surface area (Å²) < 4.78 is 42.8. The highest BCUT2D eigenvalue weighted by Gasteiger charge is 2.28. The van der Waals surface area contributed by atoms with Crippen molar-refractivity contribution in [2.75, 3.05) is 0 Å². The molecule has 1 aliphatic rings. The first kappa shape index (κ1) is 15.6. The van der Waals surface area contributed by atoms with Crippen molar-refractivity contribution in [3.63, 3.8) is 0 Å². The number of hydrogen-bond acceptors (Lipinski definition) is 5. The summed E-state index contributed by atoms with van der Waals surface area (Å²) in [6, 6.07) is 4.34. The molecule has 8 heteroatoms. The topological polar surface area (TPSA) is 72.9 Å². The lowest BCUT2D eigenvalue weighted by Gasteiger charge is -2.24. The van der Waals surface area contributed by atoms with Gasteiger partial charge in [0.05, 0.1) is 0 Å². The lowest BCUT2D eigenvalue weighted by molar-refractivity contribution is 0.0241. The molecule has 0 unspecified atom stereocenters. The predicted octanol–water partition coefficient (Wildman–Crippen LogP) is 2.53. The van der Waals surface area contributed by atoms with E-state index < -0.39 is 22.2 Å². The van der Waals surface area contributed by atoms with Gasteiger partial charge in [0.25, 0.3) is 0 Å².